The third-order valence-electron chi connectivity index (χ3n) is 4.06. The molecule has 0 amide bonds. The number of aryl methyl sites for hydroxylation is 1. The number of hydrogen-bond acceptors (Lipinski definition) is 5. The van der Waals surface area contributed by atoms with Gasteiger partial charge in [-0.1, -0.05) is 6.07 Å². The maximum atomic E-state index is 13.2. The van der Waals surface area contributed by atoms with Gasteiger partial charge in [0.2, 0.25) is 10.0 Å². The SMILES string of the molecule is COc1ccc(C)cc1S(=O)(=O)N1CCc2sccc2C1C(=O)O. The molecule has 0 saturated carbocycles. The molecule has 2 aromatic rings. The van der Waals surface area contributed by atoms with Crippen LogP contribution in [0.1, 0.15) is 22.0 Å². The third-order valence-corrected chi connectivity index (χ3v) is 6.94. The smallest absolute Gasteiger partial charge is 0.326 e. The number of fused-ring (bicyclic) bond motifs is 1. The van der Waals surface area contributed by atoms with Crippen molar-refractivity contribution in [2.45, 2.75) is 24.3 Å². The number of thiophene rings is 1. The Morgan fingerprint density at radius 1 is 1.38 bits per heavy atom. The number of aliphatic carboxylic acids is 1. The van der Waals surface area contributed by atoms with Gasteiger partial charge in [-0.2, -0.15) is 4.31 Å². The lowest BCUT2D eigenvalue weighted by atomic mass is 10.0. The number of methoxy groups -OCH3 is 1. The van der Waals surface area contributed by atoms with Crippen molar-refractivity contribution in [1.82, 2.24) is 4.31 Å². The van der Waals surface area contributed by atoms with Crippen LogP contribution in [0.5, 0.6) is 5.75 Å². The van der Waals surface area contributed by atoms with E-state index in [2.05, 4.69) is 0 Å². The molecule has 8 heteroatoms. The quantitative estimate of drug-likeness (QED) is 0.897. The molecule has 1 aromatic heterocycles. The molecule has 0 spiro atoms. The van der Waals surface area contributed by atoms with Crippen LogP contribution in [-0.2, 0) is 21.2 Å². The lowest BCUT2D eigenvalue weighted by Crippen LogP contribution is -2.43. The van der Waals surface area contributed by atoms with E-state index < -0.39 is 22.0 Å². The van der Waals surface area contributed by atoms with E-state index in [4.69, 9.17) is 4.74 Å². The van der Waals surface area contributed by atoms with Crippen molar-refractivity contribution < 1.29 is 23.1 Å². The number of carboxylic acid groups (broad SMARTS) is 1. The number of rotatable bonds is 4. The first-order valence-corrected chi connectivity index (χ1v) is 9.64. The molecular weight excluding hydrogens is 350 g/mol. The second-order valence-electron chi connectivity index (χ2n) is 5.56. The minimum Gasteiger partial charge on any atom is -0.495 e. The van der Waals surface area contributed by atoms with Crippen LogP contribution < -0.4 is 4.74 Å². The number of sulfonamides is 1. The molecule has 6 nitrogen and oxygen atoms in total. The van der Waals surface area contributed by atoms with Crippen molar-refractivity contribution in [1.29, 1.82) is 0 Å². The van der Waals surface area contributed by atoms with Crippen LogP contribution in [0, 0.1) is 6.92 Å². The minimum atomic E-state index is -4.01. The highest BCUT2D eigenvalue weighted by molar-refractivity contribution is 7.89. The van der Waals surface area contributed by atoms with Crippen molar-refractivity contribution in [2.75, 3.05) is 13.7 Å². The van der Waals surface area contributed by atoms with Crippen molar-refractivity contribution in [3.63, 3.8) is 0 Å². The maximum Gasteiger partial charge on any atom is 0.326 e. The van der Waals surface area contributed by atoms with Crippen LogP contribution in [0.25, 0.3) is 0 Å². The van der Waals surface area contributed by atoms with E-state index >= 15 is 0 Å². The summed E-state index contributed by atoms with van der Waals surface area (Å²) >= 11 is 1.46. The molecule has 1 aliphatic heterocycles. The average molecular weight is 367 g/mol. The maximum absolute atomic E-state index is 13.2. The number of hydrogen-bond donors (Lipinski definition) is 1. The number of ether oxygens (including phenoxy) is 1. The van der Waals surface area contributed by atoms with Gasteiger partial charge in [0, 0.05) is 11.4 Å². The zero-order valence-electron chi connectivity index (χ0n) is 13.2. The molecule has 0 radical (unpaired) electrons. The summed E-state index contributed by atoms with van der Waals surface area (Å²) in [6.45, 7) is 1.91. The number of nitrogens with zero attached hydrogens (tertiary/aromatic N) is 1. The zero-order chi connectivity index (χ0) is 17.5. The molecule has 1 atom stereocenters. The van der Waals surface area contributed by atoms with E-state index in [9.17, 15) is 18.3 Å². The number of carboxylic acids is 1. The number of carbonyl (C=O) groups is 1. The summed E-state index contributed by atoms with van der Waals surface area (Å²) in [4.78, 5) is 12.7. The van der Waals surface area contributed by atoms with Gasteiger partial charge in [-0.15, -0.1) is 11.3 Å². The largest absolute Gasteiger partial charge is 0.495 e. The first kappa shape index (κ1) is 16.9. The van der Waals surface area contributed by atoms with E-state index in [-0.39, 0.29) is 17.2 Å². The lowest BCUT2D eigenvalue weighted by molar-refractivity contribution is -0.142. The summed E-state index contributed by atoms with van der Waals surface area (Å²) < 4.78 is 32.5. The summed E-state index contributed by atoms with van der Waals surface area (Å²) in [6, 6.07) is 5.32. The van der Waals surface area contributed by atoms with Crippen molar-refractivity contribution in [3.8, 4) is 5.75 Å². The van der Waals surface area contributed by atoms with Gasteiger partial charge in [-0.3, -0.25) is 4.79 Å². The van der Waals surface area contributed by atoms with Gasteiger partial charge in [0.1, 0.15) is 16.7 Å². The Kier molecular flexibility index (Phi) is 4.37. The van der Waals surface area contributed by atoms with Gasteiger partial charge in [-0.25, -0.2) is 8.42 Å². The fraction of sp³-hybridized carbons (Fsp3) is 0.312. The molecule has 24 heavy (non-hydrogen) atoms. The minimum absolute atomic E-state index is 0.00469. The van der Waals surface area contributed by atoms with Crippen LogP contribution in [0.4, 0.5) is 0 Å². The monoisotopic (exact) mass is 367 g/mol. The highest BCUT2D eigenvalue weighted by atomic mass is 32.2. The fourth-order valence-electron chi connectivity index (χ4n) is 2.92. The first-order chi connectivity index (χ1) is 11.4. The predicted octanol–water partition coefficient (Wildman–Crippen LogP) is 2.44. The Hall–Kier alpha value is -1.90. The van der Waals surface area contributed by atoms with Crippen LogP contribution in [0.15, 0.2) is 34.5 Å². The van der Waals surface area contributed by atoms with E-state index in [0.29, 0.717) is 12.0 Å². The highest BCUT2D eigenvalue weighted by Gasteiger charge is 2.42. The molecule has 1 N–H and O–H groups in total. The fourth-order valence-corrected chi connectivity index (χ4v) is 5.63. The zero-order valence-corrected chi connectivity index (χ0v) is 14.9. The van der Waals surface area contributed by atoms with Crippen molar-refractivity contribution in [3.05, 3.63) is 45.6 Å². The Labute approximate surface area is 144 Å². The second kappa shape index (κ2) is 6.19. The molecule has 2 heterocycles. The van der Waals surface area contributed by atoms with Crippen molar-refractivity contribution >= 4 is 27.3 Å². The molecule has 0 aliphatic carbocycles. The van der Waals surface area contributed by atoms with Gasteiger partial charge >= 0.3 is 5.97 Å². The summed E-state index contributed by atoms with van der Waals surface area (Å²) in [6.07, 6.45) is 0.504. The molecule has 1 aliphatic rings. The molecule has 0 saturated heterocycles. The van der Waals surface area contributed by atoms with Gasteiger partial charge in [0.15, 0.2) is 0 Å². The van der Waals surface area contributed by atoms with Crippen LogP contribution in [0.2, 0.25) is 0 Å². The summed E-state index contributed by atoms with van der Waals surface area (Å²) in [5.74, 6) is -0.967. The average Bonchev–Trinajstić information content (AvgIpc) is 3.02. The topological polar surface area (TPSA) is 83.9 Å². The summed E-state index contributed by atoms with van der Waals surface area (Å²) in [5.41, 5.74) is 1.31. The Morgan fingerprint density at radius 3 is 2.79 bits per heavy atom. The van der Waals surface area contributed by atoms with Gasteiger partial charge in [0.25, 0.3) is 0 Å². The molecule has 0 bridgehead atoms. The molecule has 3 rings (SSSR count). The normalized spacial score (nSPS) is 18.2. The molecule has 0 fully saturated rings. The van der Waals surface area contributed by atoms with Gasteiger partial charge in [-0.05, 0) is 48.1 Å². The number of benzene rings is 1. The standard InChI is InChI=1S/C16H17NO5S2/c1-10-3-4-12(22-2)14(9-10)24(20,21)17-7-5-13-11(6-8-23-13)15(17)16(18)19/h3-4,6,8-9,15H,5,7H2,1-2H3,(H,18,19). The van der Waals surface area contributed by atoms with E-state index in [0.717, 1.165) is 14.7 Å². The first-order valence-electron chi connectivity index (χ1n) is 7.32. The van der Waals surface area contributed by atoms with E-state index in [1.54, 1.807) is 30.5 Å². The molecule has 1 unspecified atom stereocenters. The van der Waals surface area contributed by atoms with Crippen molar-refractivity contribution in [2.24, 2.45) is 0 Å². The van der Waals surface area contributed by atoms with E-state index in [1.165, 1.54) is 24.5 Å². The van der Waals surface area contributed by atoms with Crippen LogP contribution >= 0.6 is 11.3 Å². The summed E-state index contributed by atoms with van der Waals surface area (Å²) in [5, 5.41) is 11.4. The Bertz CT molecular complexity index is 888. The van der Waals surface area contributed by atoms with Crippen LogP contribution in [-0.4, -0.2) is 37.5 Å². The third kappa shape index (κ3) is 2.70. The van der Waals surface area contributed by atoms with E-state index in [1.807, 2.05) is 0 Å². The second-order valence-corrected chi connectivity index (χ2v) is 8.42. The molecule has 128 valence electrons. The summed E-state index contributed by atoms with van der Waals surface area (Å²) in [7, 11) is -2.62. The predicted molar refractivity (Wildman–Crippen MR) is 90.0 cm³/mol. The highest BCUT2D eigenvalue weighted by Crippen LogP contribution is 2.38. The lowest BCUT2D eigenvalue weighted by Gasteiger charge is -2.32. The molecule has 1 aromatic carbocycles. The van der Waals surface area contributed by atoms with Gasteiger partial charge < -0.3 is 9.84 Å². The van der Waals surface area contributed by atoms with Gasteiger partial charge in [0.05, 0.1) is 7.11 Å². The molecular formula is C16H17NO5S2. The Morgan fingerprint density at radius 2 is 2.12 bits per heavy atom. The Balaban J connectivity index is 2.13. The van der Waals surface area contributed by atoms with Crippen LogP contribution in [0.3, 0.4) is 0 Å².